The Balaban J connectivity index is 4.14. The molecule has 14 heavy (non-hydrogen) atoms. The van der Waals surface area contributed by atoms with Gasteiger partial charge in [-0.05, 0) is 14.0 Å². The highest BCUT2D eigenvalue weighted by atomic mass is 31.2. The molecule has 0 saturated heterocycles. The van der Waals surface area contributed by atoms with Gasteiger partial charge in [0.1, 0.15) is 5.78 Å². The summed E-state index contributed by atoms with van der Waals surface area (Å²) in [7, 11) is 0.560. The molecule has 0 aliphatic heterocycles. The van der Waals surface area contributed by atoms with Crippen molar-refractivity contribution < 1.29 is 22.9 Å². The smallest absolute Gasteiger partial charge is 0.309 e. The fourth-order valence-corrected chi connectivity index (χ4v) is 1.44. The van der Waals surface area contributed by atoms with Crippen LogP contribution in [0.2, 0.25) is 0 Å². The third kappa shape index (κ3) is 4.30. The van der Waals surface area contributed by atoms with Crippen molar-refractivity contribution in [1.82, 2.24) is 5.32 Å². The van der Waals surface area contributed by atoms with Crippen molar-refractivity contribution in [3.63, 3.8) is 0 Å². The lowest BCUT2D eigenvalue weighted by atomic mass is 10.2. The second kappa shape index (κ2) is 6.27. The van der Waals surface area contributed by atoms with Gasteiger partial charge < -0.3 is 5.32 Å². The number of likely N-dealkylation sites (N-methyl/N-ethyl adjacent to an activating group) is 1. The lowest BCUT2D eigenvalue weighted by Gasteiger charge is -2.17. The number of hydrogen-bond donors (Lipinski definition) is 1. The first-order chi connectivity index (χ1) is 6.49. The molecular weight excluding hydrogens is 209 g/mol. The topological polar surface area (TPSA) is 73.9 Å². The molecule has 0 radical (unpaired) electrons. The highest BCUT2D eigenvalue weighted by Gasteiger charge is 2.25. The first-order valence-corrected chi connectivity index (χ1v) is 5.49. The fourth-order valence-electron chi connectivity index (χ4n) is 0.750. The van der Waals surface area contributed by atoms with Gasteiger partial charge in [-0.2, -0.15) is 0 Å². The fraction of sp³-hybridized carbons (Fsp3) is 0.857. The predicted molar refractivity (Wildman–Crippen MR) is 51.1 cm³/mol. The summed E-state index contributed by atoms with van der Waals surface area (Å²) in [6.45, 7) is 1.36. The Bertz CT molecular complexity index is 224. The Morgan fingerprint density at radius 2 is 1.93 bits per heavy atom. The summed E-state index contributed by atoms with van der Waals surface area (Å²) in [4.78, 5) is 11.0. The van der Waals surface area contributed by atoms with Crippen LogP contribution in [0.25, 0.3) is 0 Å². The maximum atomic E-state index is 11.4. The number of hydrogen-bond acceptors (Lipinski definition) is 6. The maximum absolute atomic E-state index is 11.4. The Morgan fingerprint density at radius 1 is 1.43 bits per heavy atom. The van der Waals surface area contributed by atoms with Crippen molar-refractivity contribution in [2.75, 3.05) is 27.9 Å². The van der Waals surface area contributed by atoms with Gasteiger partial charge in [0, 0.05) is 14.2 Å². The van der Waals surface area contributed by atoms with Crippen LogP contribution in [0.5, 0.6) is 0 Å². The van der Waals surface area contributed by atoms with Crippen molar-refractivity contribution >= 4 is 13.6 Å². The van der Waals surface area contributed by atoms with E-state index in [1.165, 1.54) is 21.1 Å². The zero-order chi connectivity index (χ0) is 11.2. The van der Waals surface area contributed by atoms with Crippen molar-refractivity contribution in [2.24, 2.45) is 0 Å². The van der Waals surface area contributed by atoms with Crippen LogP contribution in [0.15, 0.2) is 0 Å². The van der Waals surface area contributed by atoms with Gasteiger partial charge in [-0.3, -0.25) is 18.4 Å². The lowest BCUT2D eigenvalue weighted by Crippen LogP contribution is -2.36. The van der Waals surface area contributed by atoms with Crippen LogP contribution in [-0.4, -0.2) is 39.7 Å². The van der Waals surface area contributed by atoms with E-state index in [9.17, 15) is 9.36 Å². The SMILES string of the molecule is CN[C@@H](COP(=O)(OC)OC)C(C)=O. The molecule has 0 heterocycles. The minimum absolute atomic E-state index is 0.0508. The number of phosphoric ester groups is 1. The number of phosphoric acid groups is 1. The quantitative estimate of drug-likeness (QED) is 0.639. The van der Waals surface area contributed by atoms with Gasteiger partial charge in [0.2, 0.25) is 0 Å². The van der Waals surface area contributed by atoms with Crippen LogP contribution in [0.3, 0.4) is 0 Å². The van der Waals surface area contributed by atoms with E-state index in [1.807, 2.05) is 0 Å². The molecule has 6 nitrogen and oxygen atoms in total. The number of carbonyl (C=O) groups excluding carboxylic acids is 1. The second-order valence-electron chi connectivity index (χ2n) is 2.56. The first kappa shape index (κ1) is 13.7. The molecule has 0 aliphatic carbocycles. The molecule has 0 rings (SSSR count). The minimum atomic E-state index is -3.48. The third-order valence-electron chi connectivity index (χ3n) is 1.69. The van der Waals surface area contributed by atoms with Crippen molar-refractivity contribution in [2.45, 2.75) is 13.0 Å². The number of carbonyl (C=O) groups is 1. The van der Waals surface area contributed by atoms with E-state index in [2.05, 4.69) is 14.4 Å². The van der Waals surface area contributed by atoms with E-state index in [0.717, 1.165) is 0 Å². The molecule has 0 fully saturated rings. The molecule has 84 valence electrons. The summed E-state index contributed by atoms with van der Waals surface area (Å²) in [5.74, 6) is -0.105. The molecule has 0 aromatic rings. The van der Waals surface area contributed by atoms with Gasteiger partial charge in [0.05, 0.1) is 12.6 Å². The zero-order valence-corrected chi connectivity index (χ0v) is 9.67. The Kier molecular flexibility index (Phi) is 6.15. The van der Waals surface area contributed by atoms with Crippen LogP contribution >= 0.6 is 7.82 Å². The summed E-state index contributed by atoms with van der Waals surface area (Å²) in [5.41, 5.74) is 0. The molecule has 0 bridgehead atoms. The largest absolute Gasteiger partial charge is 0.474 e. The van der Waals surface area contributed by atoms with E-state index in [1.54, 1.807) is 7.05 Å². The molecule has 0 aromatic heterocycles. The van der Waals surface area contributed by atoms with Gasteiger partial charge in [-0.1, -0.05) is 0 Å². The Labute approximate surface area is 83.5 Å². The van der Waals surface area contributed by atoms with Crippen LogP contribution < -0.4 is 5.32 Å². The highest BCUT2D eigenvalue weighted by molar-refractivity contribution is 7.48. The summed E-state index contributed by atoms with van der Waals surface area (Å²) < 4.78 is 25.3. The summed E-state index contributed by atoms with van der Waals surface area (Å²) in [6, 6.07) is -0.506. The van der Waals surface area contributed by atoms with Crippen molar-refractivity contribution in [3.8, 4) is 0 Å². The van der Waals surface area contributed by atoms with E-state index in [4.69, 9.17) is 4.52 Å². The number of nitrogens with one attached hydrogen (secondary N) is 1. The molecule has 0 aromatic carbocycles. The Morgan fingerprint density at radius 3 is 2.21 bits per heavy atom. The second-order valence-corrected chi connectivity index (χ2v) is 4.44. The van der Waals surface area contributed by atoms with Gasteiger partial charge in [-0.15, -0.1) is 0 Å². The van der Waals surface area contributed by atoms with E-state index >= 15 is 0 Å². The minimum Gasteiger partial charge on any atom is -0.309 e. The molecule has 0 saturated carbocycles. The molecule has 7 heteroatoms. The zero-order valence-electron chi connectivity index (χ0n) is 8.77. The number of ketones is 1. The molecule has 0 amide bonds. The monoisotopic (exact) mass is 225 g/mol. The van der Waals surface area contributed by atoms with Gasteiger partial charge in [0.25, 0.3) is 0 Å². The lowest BCUT2D eigenvalue weighted by molar-refractivity contribution is -0.119. The average molecular weight is 225 g/mol. The third-order valence-corrected chi connectivity index (χ3v) is 3.05. The molecule has 0 unspecified atom stereocenters. The maximum Gasteiger partial charge on any atom is 0.474 e. The van der Waals surface area contributed by atoms with E-state index in [0.29, 0.717) is 0 Å². The summed E-state index contributed by atoms with van der Waals surface area (Å²) in [5, 5.41) is 2.72. The van der Waals surface area contributed by atoms with Crippen molar-refractivity contribution in [3.05, 3.63) is 0 Å². The molecular formula is C7H16NO5P. The van der Waals surface area contributed by atoms with Gasteiger partial charge in [0.15, 0.2) is 0 Å². The van der Waals surface area contributed by atoms with E-state index < -0.39 is 13.9 Å². The summed E-state index contributed by atoms with van der Waals surface area (Å²) in [6.07, 6.45) is 0. The average Bonchev–Trinajstić information content (AvgIpc) is 2.18. The molecule has 1 atom stereocenters. The predicted octanol–water partition coefficient (Wildman–Crippen LogP) is 0.581. The van der Waals surface area contributed by atoms with Crippen LogP contribution in [0.1, 0.15) is 6.92 Å². The molecule has 1 N–H and O–H groups in total. The Hall–Kier alpha value is -0.260. The standard InChI is InChI=1S/C7H16NO5P/c1-6(9)7(8-2)5-13-14(10,11-3)12-4/h7-8H,5H2,1-4H3/t7-/m0/s1. The van der Waals surface area contributed by atoms with Gasteiger partial charge in [-0.25, -0.2) is 4.57 Å². The molecule has 0 aliphatic rings. The van der Waals surface area contributed by atoms with Crippen LogP contribution in [0.4, 0.5) is 0 Å². The summed E-state index contributed by atoms with van der Waals surface area (Å²) >= 11 is 0. The molecule has 0 spiro atoms. The van der Waals surface area contributed by atoms with Crippen LogP contribution in [-0.2, 0) is 22.9 Å². The number of rotatable bonds is 7. The van der Waals surface area contributed by atoms with Gasteiger partial charge >= 0.3 is 7.82 Å². The number of Topliss-reactive ketones (excluding diaryl/α,β-unsaturated/α-hetero) is 1. The van der Waals surface area contributed by atoms with Crippen LogP contribution in [0, 0.1) is 0 Å². The highest BCUT2D eigenvalue weighted by Crippen LogP contribution is 2.47. The normalized spacial score (nSPS) is 14.0. The first-order valence-electron chi connectivity index (χ1n) is 4.03. The van der Waals surface area contributed by atoms with Crippen molar-refractivity contribution in [1.29, 1.82) is 0 Å². The van der Waals surface area contributed by atoms with E-state index in [-0.39, 0.29) is 12.4 Å².